The first-order chi connectivity index (χ1) is 5.63. The van der Waals surface area contributed by atoms with Gasteiger partial charge >= 0.3 is 0 Å². The zero-order chi connectivity index (χ0) is 9.56. The Morgan fingerprint density at radius 2 is 1.58 bits per heavy atom. The fourth-order valence-electron chi connectivity index (χ4n) is 1.74. The Morgan fingerprint density at radius 3 is 1.83 bits per heavy atom. The van der Waals surface area contributed by atoms with E-state index in [1.807, 2.05) is 6.92 Å². The van der Waals surface area contributed by atoms with Crippen LogP contribution in [0, 0.1) is 17.2 Å². The predicted molar refractivity (Wildman–Crippen MR) is 55.9 cm³/mol. The normalized spacial score (nSPS) is 13.4. The highest BCUT2D eigenvalue weighted by Gasteiger charge is 2.16. The third kappa shape index (κ3) is 3.89. The van der Waals surface area contributed by atoms with E-state index in [4.69, 9.17) is 5.41 Å². The minimum absolute atomic E-state index is 0.491. The smallest absolute Gasteiger partial charge is 0.00891 e. The summed E-state index contributed by atoms with van der Waals surface area (Å²) in [5.74, 6) is 1.24. The number of hydrogen-bond acceptors (Lipinski definition) is 1. The monoisotopic (exact) mass is 169 g/mol. The van der Waals surface area contributed by atoms with Crippen molar-refractivity contribution in [3.63, 3.8) is 0 Å². The van der Waals surface area contributed by atoms with Crippen LogP contribution >= 0.6 is 0 Å². The minimum Gasteiger partial charge on any atom is -0.310 e. The van der Waals surface area contributed by atoms with Crippen molar-refractivity contribution in [1.29, 1.82) is 5.41 Å². The summed E-state index contributed by atoms with van der Waals surface area (Å²) in [5, 5.41) is 7.59. The molecule has 1 heteroatoms. The first-order valence-electron chi connectivity index (χ1n) is 5.18. The van der Waals surface area contributed by atoms with Crippen LogP contribution in [0.25, 0.3) is 0 Å². The molecule has 0 bridgehead atoms. The highest BCUT2D eigenvalue weighted by molar-refractivity contribution is 5.81. The molecule has 0 fully saturated rings. The largest absolute Gasteiger partial charge is 0.310 e. The van der Waals surface area contributed by atoms with Crippen LogP contribution in [0.3, 0.4) is 0 Å². The van der Waals surface area contributed by atoms with E-state index < -0.39 is 0 Å². The van der Waals surface area contributed by atoms with Crippen molar-refractivity contribution < 1.29 is 0 Å². The molecule has 0 heterocycles. The third-order valence-corrected chi connectivity index (χ3v) is 2.71. The van der Waals surface area contributed by atoms with Gasteiger partial charge in [0.15, 0.2) is 0 Å². The molecular formula is C11H23N. The molecule has 0 aromatic carbocycles. The molecule has 0 saturated carbocycles. The lowest BCUT2D eigenvalue weighted by molar-refractivity contribution is 0.373. The molecule has 0 aliphatic heterocycles. The first-order valence-corrected chi connectivity index (χ1v) is 5.18. The molecule has 0 amide bonds. The van der Waals surface area contributed by atoms with Gasteiger partial charge in [0, 0.05) is 5.71 Å². The van der Waals surface area contributed by atoms with Gasteiger partial charge in [-0.25, -0.2) is 0 Å². The standard InChI is InChI=1S/C11H23N/c1-5-7-11(8-6-2)9(3)10(4)12/h9,11-12H,5-8H2,1-4H3. The van der Waals surface area contributed by atoms with Crippen molar-refractivity contribution in [3.05, 3.63) is 0 Å². The van der Waals surface area contributed by atoms with E-state index in [-0.39, 0.29) is 0 Å². The van der Waals surface area contributed by atoms with E-state index in [1.165, 1.54) is 25.7 Å². The van der Waals surface area contributed by atoms with Crippen LogP contribution < -0.4 is 0 Å². The molecule has 1 N–H and O–H groups in total. The lowest BCUT2D eigenvalue weighted by Crippen LogP contribution is -2.18. The maximum Gasteiger partial charge on any atom is 0.00891 e. The maximum absolute atomic E-state index is 7.59. The average molecular weight is 169 g/mol. The third-order valence-electron chi connectivity index (χ3n) is 2.71. The summed E-state index contributed by atoms with van der Waals surface area (Å²) in [6.45, 7) is 8.59. The van der Waals surface area contributed by atoms with Crippen LogP contribution in [0.2, 0.25) is 0 Å². The molecule has 0 aromatic heterocycles. The van der Waals surface area contributed by atoms with Gasteiger partial charge in [-0.15, -0.1) is 0 Å². The fraction of sp³-hybridized carbons (Fsp3) is 0.909. The Bertz CT molecular complexity index is 123. The van der Waals surface area contributed by atoms with Gasteiger partial charge in [-0.05, 0) is 18.8 Å². The van der Waals surface area contributed by atoms with Crippen LogP contribution in [0.4, 0.5) is 0 Å². The van der Waals surface area contributed by atoms with Gasteiger partial charge in [0.05, 0.1) is 0 Å². The predicted octanol–water partition coefficient (Wildman–Crippen LogP) is 3.88. The molecule has 0 aromatic rings. The molecule has 12 heavy (non-hydrogen) atoms. The van der Waals surface area contributed by atoms with Crippen molar-refractivity contribution in [3.8, 4) is 0 Å². The van der Waals surface area contributed by atoms with Crippen molar-refractivity contribution in [1.82, 2.24) is 0 Å². The van der Waals surface area contributed by atoms with E-state index in [0.717, 1.165) is 11.6 Å². The minimum atomic E-state index is 0.491. The molecule has 0 saturated heterocycles. The summed E-state index contributed by atoms with van der Waals surface area (Å²) in [7, 11) is 0. The van der Waals surface area contributed by atoms with Crippen molar-refractivity contribution in [2.75, 3.05) is 0 Å². The quantitative estimate of drug-likeness (QED) is 0.583. The Kier molecular flexibility index (Phi) is 6.04. The Morgan fingerprint density at radius 1 is 1.17 bits per heavy atom. The summed E-state index contributed by atoms with van der Waals surface area (Å²) in [4.78, 5) is 0. The number of nitrogens with one attached hydrogen (secondary N) is 1. The Hall–Kier alpha value is -0.330. The van der Waals surface area contributed by atoms with Gasteiger partial charge in [-0.1, -0.05) is 46.5 Å². The van der Waals surface area contributed by atoms with Crippen LogP contribution in [0.5, 0.6) is 0 Å². The van der Waals surface area contributed by atoms with Crippen LogP contribution in [-0.4, -0.2) is 5.71 Å². The summed E-state index contributed by atoms with van der Waals surface area (Å²) >= 11 is 0. The van der Waals surface area contributed by atoms with Gasteiger partial charge in [0.1, 0.15) is 0 Å². The van der Waals surface area contributed by atoms with Crippen molar-refractivity contribution in [2.24, 2.45) is 11.8 Å². The topological polar surface area (TPSA) is 23.9 Å². The van der Waals surface area contributed by atoms with Crippen LogP contribution in [0.15, 0.2) is 0 Å². The first kappa shape index (κ1) is 11.7. The zero-order valence-corrected chi connectivity index (χ0v) is 8.98. The second-order valence-corrected chi connectivity index (χ2v) is 3.81. The molecule has 1 nitrogen and oxygen atoms in total. The van der Waals surface area contributed by atoms with Crippen molar-refractivity contribution in [2.45, 2.75) is 53.4 Å². The lowest BCUT2D eigenvalue weighted by Gasteiger charge is -2.22. The van der Waals surface area contributed by atoms with Gasteiger partial charge in [0.25, 0.3) is 0 Å². The molecule has 0 spiro atoms. The molecular weight excluding hydrogens is 146 g/mol. The van der Waals surface area contributed by atoms with Gasteiger partial charge < -0.3 is 5.41 Å². The molecule has 1 unspecified atom stereocenters. The number of hydrogen-bond donors (Lipinski definition) is 1. The number of rotatable bonds is 6. The van der Waals surface area contributed by atoms with Gasteiger partial charge in [-0.3, -0.25) is 0 Å². The Balaban J connectivity index is 3.98. The van der Waals surface area contributed by atoms with Gasteiger partial charge in [0.2, 0.25) is 0 Å². The Labute approximate surface area is 77.1 Å². The van der Waals surface area contributed by atoms with E-state index in [2.05, 4.69) is 20.8 Å². The van der Waals surface area contributed by atoms with E-state index in [1.54, 1.807) is 0 Å². The van der Waals surface area contributed by atoms with E-state index in [0.29, 0.717) is 5.92 Å². The molecule has 1 atom stereocenters. The summed E-state index contributed by atoms with van der Waals surface area (Å²) in [5.41, 5.74) is 0.849. The summed E-state index contributed by atoms with van der Waals surface area (Å²) in [6.07, 6.45) is 5.07. The average Bonchev–Trinajstić information content (AvgIpc) is 2.03. The molecule has 0 aliphatic rings. The van der Waals surface area contributed by atoms with E-state index >= 15 is 0 Å². The highest BCUT2D eigenvalue weighted by Crippen LogP contribution is 2.23. The van der Waals surface area contributed by atoms with Crippen LogP contribution in [0.1, 0.15) is 53.4 Å². The lowest BCUT2D eigenvalue weighted by atomic mass is 9.84. The van der Waals surface area contributed by atoms with Gasteiger partial charge in [-0.2, -0.15) is 0 Å². The maximum atomic E-state index is 7.59. The highest BCUT2D eigenvalue weighted by atomic mass is 14.4. The van der Waals surface area contributed by atoms with E-state index in [9.17, 15) is 0 Å². The molecule has 72 valence electrons. The second kappa shape index (κ2) is 6.22. The van der Waals surface area contributed by atoms with Crippen LogP contribution in [-0.2, 0) is 0 Å². The molecule has 0 radical (unpaired) electrons. The fourth-order valence-corrected chi connectivity index (χ4v) is 1.74. The van der Waals surface area contributed by atoms with Crippen molar-refractivity contribution >= 4 is 5.71 Å². The summed E-state index contributed by atoms with van der Waals surface area (Å²) in [6, 6.07) is 0. The zero-order valence-electron chi connectivity index (χ0n) is 8.98. The molecule has 0 rings (SSSR count). The SMILES string of the molecule is CCCC(CCC)C(C)C(C)=N. The summed E-state index contributed by atoms with van der Waals surface area (Å²) < 4.78 is 0. The second-order valence-electron chi connectivity index (χ2n) is 3.81. The molecule has 0 aliphatic carbocycles.